The average Bonchev–Trinajstić information content (AvgIpc) is 3.09. The van der Waals surface area contributed by atoms with Crippen molar-refractivity contribution < 1.29 is 18.8 Å². The van der Waals surface area contributed by atoms with Gasteiger partial charge in [0.15, 0.2) is 5.76 Å². The van der Waals surface area contributed by atoms with Crippen LogP contribution < -0.4 is 0 Å². The highest BCUT2D eigenvalue weighted by molar-refractivity contribution is 5.85. The summed E-state index contributed by atoms with van der Waals surface area (Å²) in [5.41, 5.74) is 1.39. The van der Waals surface area contributed by atoms with Gasteiger partial charge >= 0.3 is 5.97 Å². The molecule has 1 aliphatic rings. The fourth-order valence-electron chi connectivity index (χ4n) is 2.64. The Balaban J connectivity index is 0.00000176. The van der Waals surface area contributed by atoms with E-state index < -0.39 is 12.0 Å². The van der Waals surface area contributed by atoms with Gasteiger partial charge in [-0.15, -0.1) is 12.4 Å². The van der Waals surface area contributed by atoms with Crippen molar-refractivity contribution in [1.29, 1.82) is 0 Å². The average molecular weight is 327 g/mol. The predicted octanol–water partition coefficient (Wildman–Crippen LogP) is 2.95. The third-order valence-corrected chi connectivity index (χ3v) is 3.71. The lowest BCUT2D eigenvalue weighted by atomic mass is 10.1. The summed E-state index contributed by atoms with van der Waals surface area (Å²) in [7, 11) is 0. The molecule has 118 valence electrons. The minimum Gasteiger partial charge on any atom is -0.480 e. The van der Waals surface area contributed by atoms with Crippen molar-refractivity contribution in [2.75, 3.05) is 6.54 Å². The molecule has 1 atom stereocenters. The SMILES string of the molecule is Cl.O=C(O)[C@@H]1CCCN1Cc1cc(-c2ccc(F)cc2)no1. The van der Waals surface area contributed by atoms with Gasteiger partial charge in [0.25, 0.3) is 0 Å². The molecule has 2 heterocycles. The largest absolute Gasteiger partial charge is 0.480 e. The first kappa shape index (κ1) is 16.5. The molecule has 1 fully saturated rings. The van der Waals surface area contributed by atoms with E-state index in [0.717, 1.165) is 18.5 Å². The zero-order valence-corrected chi connectivity index (χ0v) is 12.6. The van der Waals surface area contributed by atoms with E-state index in [-0.39, 0.29) is 18.2 Å². The number of rotatable bonds is 4. The summed E-state index contributed by atoms with van der Waals surface area (Å²) in [6, 6.07) is 7.31. The van der Waals surface area contributed by atoms with Gasteiger partial charge in [0, 0.05) is 11.6 Å². The van der Waals surface area contributed by atoms with E-state index >= 15 is 0 Å². The molecular weight excluding hydrogens is 311 g/mol. The monoisotopic (exact) mass is 326 g/mol. The van der Waals surface area contributed by atoms with Crippen molar-refractivity contribution in [3.63, 3.8) is 0 Å². The first-order valence-electron chi connectivity index (χ1n) is 6.82. The Morgan fingerprint density at radius 2 is 2.14 bits per heavy atom. The van der Waals surface area contributed by atoms with Gasteiger partial charge in [-0.2, -0.15) is 0 Å². The molecular formula is C15H16ClFN2O3. The van der Waals surface area contributed by atoms with Gasteiger partial charge in [-0.1, -0.05) is 5.16 Å². The molecule has 0 aliphatic carbocycles. The Morgan fingerprint density at radius 3 is 2.82 bits per heavy atom. The van der Waals surface area contributed by atoms with Crippen LogP contribution in [0.3, 0.4) is 0 Å². The summed E-state index contributed by atoms with van der Waals surface area (Å²) in [5, 5.41) is 13.1. The fraction of sp³-hybridized carbons (Fsp3) is 0.333. The lowest BCUT2D eigenvalue weighted by molar-refractivity contribution is -0.142. The summed E-state index contributed by atoms with van der Waals surface area (Å²) in [6.45, 7) is 1.16. The molecule has 1 aromatic heterocycles. The Kier molecular flexibility index (Phi) is 5.15. The number of benzene rings is 1. The highest BCUT2D eigenvalue weighted by Gasteiger charge is 2.31. The number of likely N-dealkylation sites (tertiary alicyclic amines) is 1. The molecule has 3 rings (SSSR count). The smallest absolute Gasteiger partial charge is 0.320 e. The molecule has 1 aromatic carbocycles. The number of aromatic nitrogens is 1. The zero-order chi connectivity index (χ0) is 14.8. The van der Waals surface area contributed by atoms with E-state index in [4.69, 9.17) is 9.63 Å². The first-order chi connectivity index (χ1) is 10.1. The lowest BCUT2D eigenvalue weighted by Crippen LogP contribution is -2.35. The van der Waals surface area contributed by atoms with E-state index in [1.165, 1.54) is 12.1 Å². The molecule has 0 unspecified atom stereocenters. The Bertz CT molecular complexity index is 644. The number of hydrogen-bond acceptors (Lipinski definition) is 4. The number of halogens is 2. The maximum atomic E-state index is 12.9. The molecule has 22 heavy (non-hydrogen) atoms. The van der Waals surface area contributed by atoms with Crippen LogP contribution in [0.4, 0.5) is 4.39 Å². The van der Waals surface area contributed by atoms with Crippen molar-refractivity contribution in [3.05, 3.63) is 41.9 Å². The fourth-order valence-corrected chi connectivity index (χ4v) is 2.64. The molecule has 1 saturated heterocycles. The van der Waals surface area contributed by atoms with Crippen molar-refractivity contribution in [2.24, 2.45) is 0 Å². The molecule has 0 saturated carbocycles. The maximum absolute atomic E-state index is 12.9. The molecule has 2 aromatic rings. The number of aliphatic carboxylic acids is 1. The normalized spacial score (nSPS) is 18.1. The van der Waals surface area contributed by atoms with Crippen LogP contribution >= 0.6 is 12.4 Å². The quantitative estimate of drug-likeness (QED) is 0.935. The van der Waals surface area contributed by atoms with Crippen LogP contribution in [0.2, 0.25) is 0 Å². The van der Waals surface area contributed by atoms with Crippen molar-refractivity contribution in [3.8, 4) is 11.3 Å². The van der Waals surface area contributed by atoms with Crippen LogP contribution in [0, 0.1) is 5.82 Å². The second-order valence-corrected chi connectivity index (χ2v) is 5.15. The summed E-state index contributed by atoms with van der Waals surface area (Å²) >= 11 is 0. The Labute approximate surface area is 133 Å². The highest BCUT2D eigenvalue weighted by atomic mass is 35.5. The maximum Gasteiger partial charge on any atom is 0.320 e. The van der Waals surface area contributed by atoms with Crippen LogP contribution in [-0.2, 0) is 11.3 Å². The molecule has 1 aliphatic heterocycles. The molecule has 0 spiro atoms. The van der Waals surface area contributed by atoms with Crippen LogP contribution in [0.15, 0.2) is 34.9 Å². The predicted molar refractivity (Wildman–Crippen MR) is 80.2 cm³/mol. The van der Waals surface area contributed by atoms with Crippen molar-refractivity contribution in [1.82, 2.24) is 10.1 Å². The summed E-state index contributed by atoms with van der Waals surface area (Å²) in [5.74, 6) is -0.489. The van der Waals surface area contributed by atoms with Crippen LogP contribution in [0.1, 0.15) is 18.6 Å². The van der Waals surface area contributed by atoms with Gasteiger partial charge in [0.1, 0.15) is 17.6 Å². The van der Waals surface area contributed by atoms with Gasteiger partial charge in [-0.3, -0.25) is 9.69 Å². The summed E-state index contributed by atoms with van der Waals surface area (Å²) in [6.07, 6.45) is 1.53. The van der Waals surface area contributed by atoms with Gasteiger partial charge in [0.2, 0.25) is 0 Å². The number of carbonyl (C=O) groups is 1. The van der Waals surface area contributed by atoms with E-state index in [1.54, 1.807) is 18.2 Å². The minimum atomic E-state index is -0.800. The number of carboxylic acid groups (broad SMARTS) is 1. The van der Waals surface area contributed by atoms with Gasteiger partial charge in [0.05, 0.1) is 6.54 Å². The van der Waals surface area contributed by atoms with Gasteiger partial charge in [-0.05, 0) is 43.7 Å². The molecule has 0 bridgehead atoms. The second-order valence-electron chi connectivity index (χ2n) is 5.15. The van der Waals surface area contributed by atoms with E-state index in [1.807, 2.05) is 4.90 Å². The Hall–Kier alpha value is -1.92. The number of carboxylic acids is 1. The van der Waals surface area contributed by atoms with E-state index in [2.05, 4.69) is 5.16 Å². The zero-order valence-electron chi connectivity index (χ0n) is 11.7. The number of hydrogen-bond donors (Lipinski definition) is 1. The minimum absolute atomic E-state index is 0. The molecule has 5 nitrogen and oxygen atoms in total. The Morgan fingerprint density at radius 1 is 1.41 bits per heavy atom. The molecule has 1 N–H and O–H groups in total. The lowest BCUT2D eigenvalue weighted by Gasteiger charge is -2.18. The van der Waals surface area contributed by atoms with Crippen molar-refractivity contribution in [2.45, 2.75) is 25.4 Å². The topological polar surface area (TPSA) is 66.6 Å². The van der Waals surface area contributed by atoms with Crippen LogP contribution in [0.5, 0.6) is 0 Å². The van der Waals surface area contributed by atoms with Crippen molar-refractivity contribution >= 4 is 18.4 Å². The first-order valence-corrected chi connectivity index (χ1v) is 6.82. The van der Waals surface area contributed by atoms with E-state index in [0.29, 0.717) is 24.4 Å². The number of nitrogens with zero attached hydrogens (tertiary/aromatic N) is 2. The standard InChI is InChI=1S/C15H15FN2O3.ClH/c16-11-5-3-10(4-6-11)13-8-12(21-17-13)9-18-7-1-2-14(18)15(19)20;/h3-6,8,14H,1-2,7,9H2,(H,19,20);1H/t14-;/m0./s1. The highest BCUT2D eigenvalue weighted by Crippen LogP contribution is 2.23. The van der Waals surface area contributed by atoms with E-state index in [9.17, 15) is 9.18 Å². The molecule has 0 amide bonds. The third-order valence-electron chi connectivity index (χ3n) is 3.71. The van der Waals surface area contributed by atoms with Crippen LogP contribution in [-0.4, -0.2) is 33.7 Å². The second kappa shape index (κ2) is 6.89. The summed E-state index contributed by atoms with van der Waals surface area (Å²) in [4.78, 5) is 13.0. The molecule has 7 heteroatoms. The third kappa shape index (κ3) is 3.45. The summed E-state index contributed by atoms with van der Waals surface area (Å²) < 4.78 is 18.2. The van der Waals surface area contributed by atoms with Gasteiger partial charge < -0.3 is 9.63 Å². The molecule has 0 radical (unpaired) electrons. The van der Waals surface area contributed by atoms with Crippen LogP contribution in [0.25, 0.3) is 11.3 Å². The van der Waals surface area contributed by atoms with Gasteiger partial charge in [-0.25, -0.2) is 4.39 Å².